The lowest BCUT2D eigenvalue weighted by Gasteiger charge is -2.15. The summed E-state index contributed by atoms with van der Waals surface area (Å²) in [5.74, 6) is -0.816. The van der Waals surface area contributed by atoms with Crippen molar-refractivity contribution in [2.24, 2.45) is 4.99 Å². The fraction of sp³-hybridized carbons (Fsp3) is 0.276. The maximum absolute atomic E-state index is 12.8. The minimum absolute atomic E-state index is 0.00399. The van der Waals surface area contributed by atoms with Crippen LogP contribution in [0, 0.1) is 13.8 Å². The Kier molecular flexibility index (Phi) is 8.98. The molecule has 0 aliphatic carbocycles. The van der Waals surface area contributed by atoms with Gasteiger partial charge in [-0.3, -0.25) is 14.5 Å². The maximum atomic E-state index is 12.8. The van der Waals surface area contributed by atoms with Gasteiger partial charge in [-0.1, -0.05) is 36.8 Å². The number of para-hydroxylation sites is 1. The number of esters is 1. The third kappa shape index (κ3) is 7.44. The summed E-state index contributed by atoms with van der Waals surface area (Å²) in [5.41, 5.74) is 4.14. The molecule has 0 aromatic heterocycles. The van der Waals surface area contributed by atoms with Crippen molar-refractivity contribution in [3.05, 3.63) is 83.4 Å². The van der Waals surface area contributed by atoms with Crippen LogP contribution in [0.25, 0.3) is 0 Å². The molecule has 4 rings (SSSR count). The summed E-state index contributed by atoms with van der Waals surface area (Å²) in [7, 11) is -3.86. The Balaban J connectivity index is 1.37. The Bertz CT molecular complexity index is 1500. The van der Waals surface area contributed by atoms with Gasteiger partial charge in [-0.2, -0.15) is 0 Å². The topological polar surface area (TPSA) is 126 Å². The third-order valence-corrected chi connectivity index (χ3v) is 7.79. The number of hydrogen-bond donors (Lipinski definition) is 3. The van der Waals surface area contributed by atoms with E-state index in [1.54, 1.807) is 30.3 Å². The van der Waals surface area contributed by atoms with Crippen molar-refractivity contribution in [3.8, 4) is 0 Å². The van der Waals surface area contributed by atoms with Crippen LogP contribution in [0.4, 0.5) is 17.1 Å². The summed E-state index contributed by atoms with van der Waals surface area (Å²) < 4.78 is 33.5. The number of nitrogens with zero attached hydrogens (tertiary/aromatic N) is 1. The number of sulfonamides is 1. The monoisotopic (exact) mass is 548 g/mol. The van der Waals surface area contributed by atoms with E-state index in [1.165, 1.54) is 18.2 Å². The standard InChI is InChI=1S/C29H32N4O5S/c1-20-10-8-15-25(21(20)2)32-26-14-6-5-13-24(26)29(35)38-19-28(34)31-22-11-9-12-23(18-22)39(36,37)33-27-16-4-3-7-17-30-27/h5-6,8-15,18,32H,3-4,7,16-17,19H2,1-2H3,(H,30,33)(H,31,34). The normalized spacial score (nSPS) is 13.5. The number of aryl methyl sites for hydroxylation is 1. The summed E-state index contributed by atoms with van der Waals surface area (Å²) in [5, 5.41) is 5.86. The molecule has 1 amide bonds. The SMILES string of the molecule is Cc1cccc(Nc2ccccc2C(=O)OCC(=O)Nc2cccc(S(=O)(=O)NC3=NCCCCC3)c2)c1C. The number of benzene rings is 3. The van der Waals surface area contributed by atoms with E-state index in [0.29, 0.717) is 24.5 Å². The second-order valence-electron chi connectivity index (χ2n) is 9.31. The summed E-state index contributed by atoms with van der Waals surface area (Å²) in [6, 6.07) is 18.6. The van der Waals surface area contributed by atoms with Crippen molar-refractivity contribution in [2.75, 3.05) is 23.8 Å². The molecule has 1 aliphatic rings. The Hall–Kier alpha value is -4.18. The zero-order chi connectivity index (χ0) is 27.8. The lowest BCUT2D eigenvalue weighted by Crippen LogP contribution is -2.30. The molecular weight excluding hydrogens is 516 g/mol. The van der Waals surface area contributed by atoms with E-state index in [4.69, 9.17) is 4.74 Å². The summed E-state index contributed by atoms with van der Waals surface area (Å²) in [6.45, 7) is 4.06. The smallest absolute Gasteiger partial charge is 0.340 e. The molecule has 1 heterocycles. The lowest BCUT2D eigenvalue weighted by atomic mass is 10.1. The van der Waals surface area contributed by atoms with Gasteiger partial charge in [0.15, 0.2) is 6.61 Å². The number of amides is 1. The van der Waals surface area contributed by atoms with Crippen LogP contribution >= 0.6 is 0 Å². The van der Waals surface area contributed by atoms with Gasteiger partial charge >= 0.3 is 5.97 Å². The van der Waals surface area contributed by atoms with Crippen molar-refractivity contribution >= 4 is 44.8 Å². The predicted molar refractivity (Wildman–Crippen MR) is 152 cm³/mol. The van der Waals surface area contributed by atoms with Crippen molar-refractivity contribution in [1.82, 2.24) is 4.72 Å². The highest BCUT2D eigenvalue weighted by Crippen LogP contribution is 2.26. The average Bonchev–Trinajstić information content (AvgIpc) is 3.18. The number of amidine groups is 1. The molecule has 3 N–H and O–H groups in total. The Morgan fingerprint density at radius 1 is 0.923 bits per heavy atom. The summed E-state index contributed by atoms with van der Waals surface area (Å²) in [6.07, 6.45) is 3.40. The fourth-order valence-electron chi connectivity index (χ4n) is 4.12. The maximum Gasteiger partial charge on any atom is 0.340 e. The molecule has 0 bridgehead atoms. The van der Waals surface area contributed by atoms with Crippen molar-refractivity contribution < 1.29 is 22.7 Å². The van der Waals surface area contributed by atoms with Crippen LogP contribution in [0.15, 0.2) is 76.6 Å². The van der Waals surface area contributed by atoms with Crippen LogP contribution in [0.2, 0.25) is 0 Å². The van der Waals surface area contributed by atoms with E-state index >= 15 is 0 Å². The largest absolute Gasteiger partial charge is 0.452 e. The van der Waals surface area contributed by atoms with E-state index in [9.17, 15) is 18.0 Å². The molecule has 10 heteroatoms. The fourth-order valence-corrected chi connectivity index (χ4v) is 5.25. The lowest BCUT2D eigenvalue weighted by molar-refractivity contribution is -0.119. The Morgan fingerprint density at radius 2 is 1.69 bits per heavy atom. The van der Waals surface area contributed by atoms with Gasteiger partial charge < -0.3 is 15.4 Å². The van der Waals surface area contributed by atoms with Gasteiger partial charge in [-0.05, 0) is 74.2 Å². The van der Waals surface area contributed by atoms with Crippen molar-refractivity contribution in [2.45, 2.75) is 44.4 Å². The first-order chi connectivity index (χ1) is 18.7. The average molecular weight is 549 g/mol. The molecular formula is C29H32N4O5S. The Labute approximate surface area is 228 Å². The zero-order valence-electron chi connectivity index (χ0n) is 22.0. The molecule has 3 aromatic carbocycles. The van der Waals surface area contributed by atoms with Gasteiger partial charge in [0.2, 0.25) is 0 Å². The summed E-state index contributed by atoms with van der Waals surface area (Å²) in [4.78, 5) is 29.7. The summed E-state index contributed by atoms with van der Waals surface area (Å²) >= 11 is 0. The molecule has 0 saturated carbocycles. The zero-order valence-corrected chi connectivity index (χ0v) is 22.8. The van der Waals surface area contributed by atoms with Crippen LogP contribution in [-0.4, -0.2) is 39.3 Å². The quantitative estimate of drug-likeness (QED) is 0.337. The number of nitrogens with one attached hydrogen (secondary N) is 3. The number of aliphatic imine (C=N–C) groups is 1. The van der Waals surface area contributed by atoms with E-state index < -0.39 is 28.5 Å². The Morgan fingerprint density at radius 3 is 2.54 bits per heavy atom. The number of carbonyl (C=O) groups excluding carboxylic acids is 2. The molecule has 0 radical (unpaired) electrons. The van der Waals surface area contributed by atoms with Crippen LogP contribution in [0.5, 0.6) is 0 Å². The molecule has 9 nitrogen and oxygen atoms in total. The van der Waals surface area contributed by atoms with E-state index in [0.717, 1.165) is 36.1 Å². The number of rotatable bonds is 8. The second-order valence-corrected chi connectivity index (χ2v) is 11.0. The second kappa shape index (κ2) is 12.6. The molecule has 0 atom stereocenters. The highest BCUT2D eigenvalue weighted by molar-refractivity contribution is 7.90. The van der Waals surface area contributed by atoms with E-state index in [2.05, 4.69) is 20.3 Å². The predicted octanol–water partition coefficient (Wildman–Crippen LogP) is 5.09. The molecule has 0 spiro atoms. The number of anilines is 3. The minimum Gasteiger partial charge on any atom is -0.452 e. The molecule has 0 saturated heterocycles. The van der Waals surface area contributed by atoms with Crippen LogP contribution in [0.1, 0.15) is 47.2 Å². The first-order valence-corrected chi connectivity index (χ1v) is 14.3. The van der Waals surface area contributed by atoms with Gasteiger partial charge in [0.25, 0.3) is 15.9 Å². The van der Waals surface area contributed by atoms with Gasteiger partial charge in [0.1, 0.15) is 5.84 Å². The van der Waals surface area contributed by atoms with Gasteiger partial charge in [0.05, 0.1) is 16.1 Å². The molecule has 1 aliphatic heterocycles. The van der Waals surface area contributed by atoms with E-state index in [-0.39, 0.29) is 16.1 Å². The first kappa shape index (κ1) is 27.8. The van der Waals surface area contributed by atoms with Gasteiger partial charge in [-0.25, -0.2) is 13.2 Å². The van der Waals surface area contributed by atoms with Crippen molar-refractivity contribution in [1.29, 1.82) is 0 Å². The van der Waals surface area contributed by atoms with Crippen LogP contribution in [0.3, 0.4) is 0 Å². The minimum atomic E-state index is -3.86. The van der Waals surface area contributed by atoms with Crippen LogP contribution in [-0.2, 0) is 19.6 Å². The van der Waals surface area contributed by atoms with Crippen molar-refractivity contribution in [3.63, 3.8) is 0 Å². The molecule has 0 fully saturated rings. The molecule has 3 aromatic rings. The highest BCUT2D eigenvalue weighted by Gasteiger charge is 2.19. The molecule has 39 heavy (non-hydrogen) atoms. The third-order valence-electron chi connectivity index (χ3n) is 6.41. The molecule has 0 unspecified atom stereocenters. The van der Waals surface area contributed by atoms with E-state index in [1.807, 2.05) is 32.0 Å². The van der Waals surface area contributed by atoms with Crippen LogP contribution < -0.4 is 15.4 Å². The molecule has 204 valence electrons. The number of carbonyl (C=O) groups is 2. The van der Waals surface area contributed by atoms with Gasteiger partial charge in [-0.15, -0.1) is 0 Å². The number of hydrogen-bond acceptors (Lipinski definition) is 7. The van der Waals surface area contributed by atoms with Gasteiger partial charge in [0, 0.05) is 24.3 Å². The number of ether oxygens (including phenoxy) is 1. The highest BCUT2D eigenvalue weighted by atomic mass is 32.2. The first-order valence-electron chi connectivity index (χ1n) is 12.8.